The zero-order valence-electron chi connectivity index (χ0n) is 8.47. The zero-order chi connectivity index (χ0) is 10.4. The molecule has 3 N–H and O–H groups in total. The summed E-state index contributed by atoms with van der Waals surface area (Å²) < 4.78 is 5.35. The second-order valence-electron chi connectivity index (χ2n) is 3.56. The Labute approximate surface area is 79.2 Å². The van der Waals surface area contributed by atoms with Crippen LogP contribution in [0, 0.1) is 5.92 Å². The standard InChI is InChI=1S/C9H20O4/c1-6(2)7(3)13-9(5-11)8(12)4-10/h6-12H,4-5H2,1-3H3/t7?,8-,9?/m1/s1. The molecule has 0 bridgehead atoms. The number of hydrogen-bond donors (Lipinski definition) is 3. The van der Waals surface area contributed by atoms with Crippen molar-refractivity contribution in [1.29, 1.82) is 0 Å². The second kappa shape index (κ2) is 6.32. The zero-order valence-corrected chi connectivity index (χ0v) is 8.47. The Morgan fingerprint density at radius 1 is 1.08 bits per heavy atom. The Kier molecular flexibility index (Phi) is 6.24. The van der Waals surface area contributed by atoms with E-state index in [4.69, 9.17) is 14.9 Å². The molecule has 0 aliphatic heterocycles. The Bertz CT molecular complexity index is 127. The van der Waals surface area contributed by atoms with Gasteiger partial charge < -0.3 is 20.1 Å². The van der Waals surface area contributed by atoms with Gasteiger partial charge in [-0.05, 0) is 12.8 Å². The van der Waals surface area contributed by atoms with Gasteiger partial charge in [0, 0.05) is 0 Å². The van der Waals surface area contributed by atoms with Crippen LogP contribution in [-0.2, 0) is 4.74 Å². The van der Waals surface area contributed by atoms with Gasteiger partial charge in [-0.25, -0.2) is 0 Å². The smallest absolute Gasteiger partial charge is 0.109 e. The van der Waals surface area contributed by atoms with Crippen molar-refractivity contribution in [3.8, 4) is 0 Å². The van der Waals surface area contributed by atoms with Gasteiger partial charge in [-0.2, -0.15) is 0 Å². The van der Waals surface area contributed by atoms with Crippen LogP contribution in [0.3, 0.4) is 0 Å². The highest BCUT2D eigenvalue weighted by Gasteiger charge is 2.21. The molecule has 4 heteroatoms. The fourth-order valence-electron chi connectivity index (χ4n) is 0.806. The monoisotopic (exact) mass is 192 g/mol. The summed E-state index contributed by atoms with van der Waals surface area (Å²) in [4.78, 5) is 0. The van der Waals surface area contributed by atoms with Crippen molar-refractivity contribution < 1.29 is 20.1 Å². The average Bonchev–Trinajstić information content (AvgIpc) is 2.12. The molecule has 0 aliphatic carbocycles. The fourth-order valence-corrected chi connectivity index (χ4v) is 0.806. The molecule has 0 aromatic rings. The molecular weight excluding hydrogens is 172 g/mol. The average molecular weight is 192 g/mol. The van der Waals surface area contributed by atoms with Crippen molar-refractivity contribution >= 4 is 0 Å². The van der Waals surface area contributed by atoms with E-state index in [0.29, 0.717) is 5.92 Å². The first-order chi connectivity index (χ1) is 6.02. The number of ether oxygens (including phenoxy) is 1. The molecule has 13 heavy (non-hydrogen) atoms. The number of rotatable bonds is 6. The highest BCUT2D eigenvalue weighted by Crippen LogP contribution is 2.10. The summed E-state index contributed by atoms with van der Waals surface area (Å²) in [7, 11) is 0. The van der Waals surface area contributed by atoms with Crippen molar-refractivity contribution in [3.05, 3.63) is 0 Å². The molecule has 0 saturated heterocycles. The maximum Gasteiger partial charge on any atom is 0.109 e. The predicted octanol–water partition coefficient (Wildman–Crippen LogP) is -0.238. The number of aliphatic hydroxyl groups excluding tert-OH is 3. The van der Waals surface area contributed by atoms with Crippen LogP contribution in [0.15, 0.2) is 0 Å². The lowest BCUT2D eigenvalue weighted by Crippen LogP contribution is -2.38. The molecular formula is C9H20O4. The van der Waals surface area contributed by atoms with Gasteiger partial charge in [0.05, 0.1) is 19.3 Å². The Morgan fingerprint density at radius 3 is 1.92 bits per heavy atom. The summed E-state index contributed by atoms with van der Waals surface area (Å²) in [5, 5.41) is 26.7. The summed E-state index contributed by atoms with van der Waals surface area (Å²) in [5.41, 5.74) is 0. The molecule has 0 amide bonds. The Hall–Kier alpha value is -0.160. The van der Waals surface area contributed by atoms with E-state index in [2.05, 4.69) is 0 Å². The molecule has 0 aromatic heterocycles. The maximum atomic E-state index is 9.21. The van der Waals surface area contributed by atoms with Crippen LogP contribution in [0.5, 0.6) is 0 Å². The van der Waals surface area contributed by atoms with E-state index in [9.17, 15) is 5.11 Å². The highest BCUT2D eigenvalue weighted by molar-refractivity contribution is 4.69. The van der Waals surface area contributed by atoms with Crippen LogP contribution in [-0.4, -0.2) is 46.8 Å². The third-order valence-electron chi connectivity index (χ3n) is 2.12. The second-order valence-corrected chi connectivity index (χ2v) is 3.56. The van der Waals surface area contributed by atoms with Crippen molar-refractivity contribution in [2.75, 3.05) is 13.2 Å². The van der Waals surface area contributed by atoms with Crippen molar-refractivity contribution in [3.63, 3.8) is 0 Å². The first kappa shape index (κ1) is 12.8. The van der Waals surface area contributed by atoms with Crippen LogP contribution in [0.25, 0.3) is 0 Å². The molecule has 4 nitrogen and oxygen atoms in total. The lowest BCUT2D eigenvalue weighted by molar-refractivity contribution is -0.115. The molecule has 0 heterocycles. The molecule has 0 fully saturated rings. The van der Waals surface area contributed by atoms with Gasteiger partial charge in [0.1, 0.15) is 12.2 Å². The van der Waals surface area contributed by atoms with Gasteiger partial charge in [-0.3, -0.25) is 0 Å². The molecule has 0 rings (SSSR count). The molecule has 0 saturated carbocycles. The minimum atomic E-state index is -1.01. The third-order valence-corrected chi connectivity index (χ3v) is 2.12. The number of hydrogen-bond acceptors (Lipinski definition) is 4. The van der Waals surface area contributed by atoms with E-state index in [0.717, 1.165) is 0 Å². The van der Waals surface area contributed by atoms with Crippen LogP contribution in [0.2, 0.25) is 0 Å². The normalized spacial score (nSPS) is 18.7. The quantitative estimate of drug-likeness (QED) is 0.543. The lowest BCUT2D eigenvalue weighted by atomic mass is 10.1. The van der Waals surface area contributed by atoms with E-state index in [-0.39, 0.29) is 12.7 Å². The molecule has 0 aliphatic rings. The minimum absolute atomic E-state index is 0.0432. The van der Waals surface area contributed by atoms with Crippen molar-refractivity contribution in [2.24, 2.45) is 5.92 Å². The molecule has 3 atom stereocenters. The minimum Gasteiger partial charge on any atom is -0.394 e. The molecule has 2 unspecified atom stereocenters. The molecule has 0 radical (unpaired) electrons. The van der Waals surface area contributed by atoms with E-state index in [1.807, 2.05) is 20.8 Å². The summed E-state index contributed by atoms with van der Waals surface area (Å²) in [6.45, 7) is 5.18. The molecule has 0 spiro atoms. The first-order valence-corrected chi connectivity index (χ1v) is 4.58. The van der Waals surface area contributed by atoms with Crippen LogP contribution in [0.4, 0.5) is 0 Å². The molecule has 80 valence electrons. The van der Waals surface area contributed by atoms with Crippen molar-refractivity contribution in [1.82, 2.24) is 0 Å². The van der Waals surface area contributed by atoms with E-state index >= 15 is 0 Å². The van der Waals surface area contributed by atoms with Crippen molar-refractivity contribution in [2.45, 2.75) is 39.1 Å². The summed E-state index contributed by atoms with van der Waals surface area (Å²) in [6, 6.07) is 0. The first-order valence-electron chi connectivity index (χ1n) is 4.58. The van der Waals surface area contributed by atoms with Crippen LogP contribution in [0.1, 0.15) is 20.8 Å². The van der Waals surface area contributed by atoms with E-state index < -0.39 is 18.8 Å². The summed E-state index contributed by atoms with van der Waals surface area (Å²) in [5.74, 6) is 0.319. The topological polar surface area (TPSA) is 69.9 Å². The van der Waals surface area contributed by atoms with E-state index in [1.54, 1.807) is 0 Å². The SMILES string of the molecule is CC(C)C(C)OC(CO)[C@H](O)CO. The van der Waals surface area contributed by atoms with Gasteiger partial charge >= 0.3 is 0 Å². The van der Waals surface area contributed by atoms with E-state index in [1.165, 1.54) is 0 Å². The van der Waals surface area contributed by atoms with Crippen LogP contribution < -0.4 is 0 Å². The van der Waals surface area contributed by atoms with Gasteiger partial charge in [-0.1, -0.05) is 13.8 Å². The number of aliphatic hydroxyl groups is 3. The summed E-state index contributed by atoms with van der Waals surface area (Å²) >= 11 is 0. The Morgan fingerprint density at radius 2 is 1.62 bits per heavy atom. The van der Waals surface area contributed by atoms with Gasteiger partial charge in [-0.15, -0.1) is 0 Å². The molecule has 0 aromatic carbocycles. The maximum absolute atomic E-state index is 9.21. The fraction of sp³-hybridized carbons (Fsp3) is 1.00. The van der Waals surface area contributed by atoms with Crippen LogP contribution >= 0.6 is 0 Å². The highest BCUT2D eigenvalue weighted by atomic mass is 16.5. The summed E-state index contributed by atoms with van der Waals surface area (Å²) in [6.07, 6.45) is -1.74. The predicted molar refractivity (Wildman–Crippen MR) is 49.4 cm³/mol. The van der Waals surface area contributed by atoms with Gasteiger partial charge in [0.15, 0.2) is 0 Å². The lowest BCUT2D eigenvalue weighted by Gasteiger charge is -2.25. The largest absolute Gasteiger partial charge is 0.394 e. The van der Waals surface area contributed by atoms with Gasteiger partial charge in [0.25, 0.3) is 0 Å². The Balaban J connectivity index is 3.97. The third kappa shape index (κ3) is 4.57. The van der Waals surface area contributed by atoms with Gasteiger partial charge in [0.2, 0.25) is 0 Å².